The summed E-state index contributed by atoms with van der Waals surface area (Å²) in [7, 11) is 0. The summed E-state index contributed by atoms with van der Waals surface area (Å²) in [4.78, 5) is 13.5. The molecule has 3 aromatic heterocycles. The summed E-state index contributed by atoms with van der Waals surface area (Å²) in [5.74, 6) is 1.07. The SMILES string of the molecule is Clc1nc(Oc2cnc3ccccc3c2)c2ccsc2n1. The number of nitrogens with zero attached hydrogens (tertiary/aromatic N) is 3. The molecule has 102 valence electrons. The first kappa shape index (κ1) is 12.5. The lowest BCUT2D eigenvalue weighted by Crippen LogP contribution is -1.92. The molecule has 0 saturated heterocycles. The summed E-state index contributed by atoms with van der Waals surface area (Å²) in [6, 6.07) is 11.7. The van der Waals surface area contributed by atoms with E-state index in [1.54, 1.807) is 6.20 Å². The average Bonchev–Trinajstić information content (AvgIpc) is 2.95. The van der Waals surface area contributed by atoms with Crippen LogP contribution in [0.5, 0.6) is 11.6 Å². The first-order valence-electron chi connectivity index (χ1n) is 6.23. The van der Waals surface area contributed by atoms with Crippen LogP contribution in [0.15, 0.2) is 48.0 Å². The van der Waals surface area contributed by atoms with Crippen molar-refractivity contribution in [2.75, 3.05) is 0 Å². The fourth-order valence-electron chi connectivity index (χ4n) is 2.10. The van der Waals surface area contributed by atoms with Crippen LogP contribution in [0.25, 0.3) is 21.1 Å². The van der Waals surface area contributed by atoms with Crippen molar-refractivity contribution < 1.29 is 4.74 Å². The van der Waals surface area contributed by atoms with Crippen molar-refractivity contribution in [2.45, 2.75) is 0 Å². The van der Waals surface area contributed by atoms with Gasteiger partial charge in [0.15, 0.2) is 0 Å². The van der Waals surface area contributed by atoms with Crippen molar-refractivity contribution in [2.24, 2.45) is 0 Å². The fraction of sp³-hybridized carbons (Fsp3) is 0. The number of benzene rings is 1. The molecule has 4 aromatic rings. The van der Waals surface area contributed by atoms with Gasteiger partial charge in [0, 0.05) is 5.39 Å². The second-order valence-electron chi connectivity index (χ2n) is 4.40. The molecule has 0 unspecified atom stereocenters. The number of pyridine rings is 1. The quantitative estimate of drug-likeness (QED) is 0.504. The Labute approximate surface area is 129 Å². The second-order valence-corrected chi connectivity index (χ2v) is 5.64. The highest BCUT2D eigenvalue weighted by molar-refractivity contribution is 7.16. The molecule has 0 radical (unpaired) electrons. The zero-order valence-corrected chi connectivity index (χ0v) is 12.2. The van der Waals surface area contributed by atoms with Gasteiger partial charge in [0.2, 0.25) is 11.2 Å². The maximum Gasteiger partial charge on any atom is 0.232 e. The van der Waals surface area contributed by atoms with Crippen molar-refractivity contribution in [1.82, 2.24) is 15.0 Å². The zero-order valence-electron chi connectivity index (χ0n) is 10.7. The summed E-state index contributed by atoms with van der Waals surface area (Å²) >= 11 is 7.43. The summed E-state index contributed by atoms with van der Waals surface area (Å²) in [6.07, 6.45) is 1.68. The number of hydrogen-bond donors (Lipinski definition) is 0. The maximum atomic E-state index is 5.93. The first-order valence-corrected chi connectivity index (χ1v) is 7.49. The number of halogens is 1. The molecular weight excluding hydrogens is 306 g/mol. The number of fused-ring (bicyclic) bond motifs is 2. The summed E-state index contributed by atoms with van der Waals surface area (Å²) in [6.45, 7) is 0. The maximum absolute atomic E-state index is 5.93. The molecule has 0 spiro atoms. The molecule has 0 atom stereocenters. The lowest BCUT2D eigenvalue weighted by atomic mass is 10.2. The number of hydrogen-bond acceptors (Lipinski definition) is 5. The molecular formula is C15H8ClN3OS. The Morgan fingerprint density at radius 3 is 2.95 bits per heavy atom. The monoisotopic (exact) mass is 313 g/mol. The number of aromatic nitrogens is 3. The second kappa shape index (κ2) is 4.95. The predicted octanol–water partition coefficient (Wildman–Crippen LogP) is 4.69. The molecule has 0 aliphatic carbocycles. The standard InChI is InChI=1S/C15H8ClN3OS/c16-15-18-13(11-5-6-21-14(11)19-15)20-10-7-9-3-1-2-4-12(9)17-8-10/h1-8H. The van der Waals surface area contributed by atoms with Gasteiger partial charge in [0.1, 0.15) is 10.6 Å². The Morgan fingerprint density at radius 1 is 1.10 bits per heavy atom. The van der Waals surface area contributed by atoms with Crippen molar-refractivity contribution in [3.63, 3.8) is 0 Å². The lowest BCUT2D eigenvalue weighted by molar-refractivity contribution is 0.467. The van der Waals surface area contributed by atoms with E-state index in [9.17, 15) is 0 Å². The minimum Gasteiger partial charge on any atom is -0.437 e. The molecule has 1 aromatic carbocycles. The number of ether oxygens (including phenoxy) is 1. The Bertz CT molecular complexity index is 954. The molecule has 0 aliphatic rings. The van der Waals surface area contributed by atoms with Crippen molar-refractivity contribution in [3.05, 3.63) is 53.3 Å². The minimum atomic E-state index is 0.175. The predicted molar refractivity (Wildman–Crippen MR) is 84.2 cm³/mol. The number of rotatable bonds is 2. The minimum absolute atomic E-state index is 0.175. The van der Waals surface area contributed by atoms with Crippen LogP contribution in [-0.4, -0.2) is 15.0 Å². The van der Waals surface area contributed by atoms with Crippen LogP contribution < -0.4 is 4.74 Å². The Kier molecular flexibility index (Phi) is 2.94. The summed E-state index contributed by atoms with van der Waals surface area (Å²) in [5.41, 5.74) is 0.922. The highest BCUT2D eigenvalue weighted by Crippen LogP contribution is 2.31. The van der Waals surface area contributed by atoms with Gasteiger partial charge in [-0.2, -0.15) is 4.98 Å². The molecule has 0 amide bonds. The van der Waals surface area contributed by atoms with Gasteiger partial charge in [-0.3, -0.25) is 4.98 Å². The van der Waals surface area contributed by atoms with E-state index in [-0.39, 0.29) is 5.28 Å². The number of para-hydroxylation sites is 1. The average molecular weight is 314 g/mol. The summed E-state index contributed by atoms with van der Waals surface area (Å²) in [5, 5.41) is 3.96. The number of thiophene rings is 1. The fourth-order valence-corrected chi connectivity index (χ4v) is 3.07. The third kappa shape index (κ3) is 2.30. The van der Waals surface area contributed by atoms with Gasteiger partial charge in [-0.25, -0.2) is 4.98 Å². The van der Waals surface area contributed by atoms with Gasteiger partial charge >= 0.3 is 0 Å². The van der Waals surface area contributed by atoms with E-state index < -0.39 is 0 Å². The topological polar surface area (TPSA) is 47.9 Å². The molecule has 6 heteroatoms. The zero-order chi connectivity index (χ0) is 14.2. The van der Waals surface area contributed by atoms with E-state index in [0.29, 0.717) is 11.6 Å². The van der Waals surface area contributed by atoms with Crippen LogP contribution >= 0.6 is 22.9 Å². The molecule has 3 heterocycles. The van der Waals surface area contributed by atoms with Crippen LogP contribution in [0.3, 0.4) is 0 Å². The van der Waals surface area contributed by atoms with E-state index in [1.807, 2.05) is 41.8 Å². The molecule has 0 aliphatic heterocycles. The van der Waals surface area contributed by atoms with E-state index in [1.165, 1.54) is 11.3 Å². The first-order chi connectivity index (χ1) is 10.3. The van der Waals surface area contributed by atoms with Crippen LogP contribution in [0.2, 0.25) is 5.28 Å². The highest BCUT2D eigenvalue weighted by Gasteiger charge is 2.10. The van der Waals surface area contributed by atoms with Crippen LogP contribution in [-0.2, 0) is 0 Å². The van der Waals surface area contributed by atoms with E-state index in [0.717, 1.165) is 21.1 Å². The normalized spacial score (nSPS) is 11.1. The van der Waals surface area contributed by atoms with Crippen molar-refractivity contribution in [3.8, 4) is 11.6 Å². The van der Waals surface area contributed by atoms with E-state index >= 15 is 0 Å². The van der Waals surface area contributed by atoms with Crippen LogP contribution in [0.4, 0.5) is 0 Å². The van der Waals surface area contributed by atoms with Gasteiger partial charge in [-0.05, 0) is 35.2 Å². The Morgan fingerprint density at radius 2 is 2.00 bits per heavy atom. The van der Waals surface area contributed by atoms with Gasteiger partial charge in [-0.1, -0.05) is 18.2 Å². The smallest absolute Gasteiger partial charge is 0.232 e. The van der Waals surface area contributed by atoms with E-state index in [2.05, 4.69) is 15.0 Å². The molecule has 4 nitrogen and oxygen atoms in total. The highest BCUT2D eigenvalue weighted by atomic mass is 35.5. The lowest BCUT2D eigenvalue weighted by Gasteiger charge is -2.06. The van der Waals surface area contributed by atoms with Crippen molar-refractivity contribution in [1.29, 1.82) is 0 Å². The molecule has 0 bridgehead atoms. The largest absolute Gasteiger partial charge is 0.437 e. The Hall–Kier alpha value is -2.24. The van der Waals surface area contributed by atoms with E-state index in [4.69, 9.17) is 16.3 Å². The molecule has 0 N–H and O–H groups in total. The Balaban J connectivity index is 1.80. The van der Waals surface area contributed by atoms with Gasteiger partial charge in [0.25, 0.3) is 0 Å². The van der Waals surface area contributed by atoms with Crippen molar-refractivity contribution >= 4 is 44.1 Å². The van der Waals surface area contributed by atoms with Gasteiger partial charge in [-0.15, -0.1) is 11.3 Å². The van der Waals surface area contributed by atoms with Crippen LogP contribution in [0, 0.1) is 0 Å². The van der Waals surface area contributed by atoms with Crippen LogP contribution in [0.1, 0.15) is 0 Å². The van der Waals surface area contributed by atoms with Gasteiger partial charge in [0.05, 0.1) is 17.1 Å². The summed E-state index contributed by atoms with van der Waals surface area (Å²) < 4.78 is 5.85. The third-order valence-electron chi connectivity index (χ3n) is 3.04. The molecule has 21 heavy (non-hydrogen) atoms. The molecule has 4 rings (SSSR count). The molecule has 0 fully saturated rings. The molecule has 0 saturated carbocycles. The third-order valence-corrected chi connectivity index (χ3v) is 4.02. The van der Waals surface area contributed by atoms with Gasteiger partial charge < -0.3 is 4.74 Å².